The van der Waals surface area contributed by atoms with Gasteiger partial charge in [-0.3, -0.25) is 9.78 Å². The Morgan fingerprint density at radius 2 is 1.86 bits per heavy atom. The third-order valence-corrected chi connectivity index (χ3v) is 3.25. The summed E-state index contributed by atoms with van der Waals surface area (Å²) in [6.45, 7) is 6.10. The lowest BCUT2D eigenvalue weighted by molar-refractivity contribution is 0.102. The minimum Gasteiger partial charge on any atom is -0.379 e. The predicted octanol–water partition coefficient (Wildman–Crippen LogP) is 4.85. The molecule has 2 rings (SSSR count). The van der Waals surface area contributed by atoms with Crippen LogP contribution in [-0.4, -0.2) is 16.4 Å². The van der Waals surface area contributed by atoms with E-state index in [2.05, 4.69) is 15.6 Å². The van der Waals surface area contributed by atoms with E-state index in [1.807, 2.05) is 20.8 Å². The van der Waals surface area contributed by atoms with Gasteiger partial charge in [0, 0.05) is 23.0 Å². The van der Waals surface area contributed by atoms with Crippen molar-refractivity contribution in [3.8, 4) is 0 Å². The van der Waals surface area contributed by atoms with E-state index in [4.69, 9.17) is 23.2 Å². The topological polar surface area (TPSA) is 54.0 Å². The first-order chi connectivity index (χ1) is 10.2. The first-order valence-corrected chi connectivity index (χ1v) is 7.50. The van der Waals surface area contributed by atoms with Crippen molar-refractivity contribution < 1.29 is 4.79 Å². The summed E-state index contributed by atoms with van der Waals surface area (Å²) < 4.78 is 0. The first kappa shape index (κ1) is 16.6. The molecule has 0 saturated heterocycles. The normalized spacial score (nSPS) is 11.1. The molecule has 0 saturated carbocycles. The molecular weight excluding hydrogens is 321 g/mol. The van der Waals surface area contributed by atoms with Crippen molar-refractivity contribution in [1.29, 1.82) is 0 Å². The third-order valence-electron chi connectivity index (χ3n) is 2.70. The maximum Gasteiger partial charge on any atom is 0.257 e. The van der Waals surface area contributed by atoms with Gasteiger partial charge in [0.2, 0.25) is 0 Å². The van der Waals surface area contributed by atoms with Crippen molar-refractivity contribution in [2.24, 2.45) is 0 Å². The second-order valence-electron chi connectivity index (χ2n) is 5.92. The van der Waals surface area contributed by atoms with E-state index >= 15 is 0 Å². The number of aromatic nitrogens is 1. The van der Waals surface area contributed by atoms with E-state index in [-0.39, 0.29) is 11.4 Å². The highest BCUT2D eigenvalue weighted by atomic mass is 35.5. The van der Waals surface area contributed by atoms with Crippen molar-refractivity contribution in [2.75, 3.05) is 10.6 Å². The van der Waals surface area contributed by atoms with Crippen LogP contribution in [0, 0.1) is 0 Å². The van der Waals surface area contributed by atoms with Crippen molar-refractivity contribution >= 4 is 40.5 Å². The van der Waals surface area contributed by atoms with Crippen LogP contribution in [0.2, 0.25) is 10.0 Å². The van der Waals surface area contributed by atoms with Gasteiger partial charge in [0.1, 0.15) is 0 Å². The molecule has 0 atom stereocenters. The summed E-state index contributed by atoms with van der Waals surface area (Å²) in [7, 11) is 0. The van der Waals surface area contributed by atoms with Gasteiger partial charge in [0.05, 0.1) is 22.0 Å². The molecule has 1 aromatic heterocycles. The molecule has 1 aromatic carbocycles. The maximum absolute atomic E-state index is 12.3. The lowest BCUT2D eigenvalue weighted by atomic mass is 10.1. The van der Waals surface area contributed by atoms with Gasteiger partial charge in [-0.05, 0) is 45.0 Å². The number of nitrogens with zero attached hydrogens (tertiary/aromatic N) is 1. The molecule has 2 N–H and O–H groups in total. The average Bonchev–Trinajstić information content (AvgIpc) is 2.40. The van der Waals surface area contributed by atoms with Crippen LogP contribution in [0.5, 0.6) is 0 Å². The summed E-state index contributed by atoms with van der Waals surface area (Å²) in [6.07, 6.45) is 3.18. The predicted molar refractivity (Wildman–Crippen MR) is 92.0 cm³/mol. The van der Waals surface area contributed by atoms with E-state index < -0.39 is 0 Å². The molecule has 0 fully saturated rings. The summed E-state index contributed by atoms with van der Waals surface area (Å²) in [5.41, 5.74) is 1.61. The quantitative estimate of drug-likeness (QED) is 0.841. The number of carbonyl (C=O) groups excluding carboxylic acids is 1. The average molecular weight is 338 g/mol. The summed E-state index contributed by atoms with van der Waals surface area (Å²) in [6, 6.07) is 6.65. The van der Waals surface area contributed by atoms with Gasteiger partial charge in [-0.2, -0.15) is 0 Å². The van der Waals surface area contributed by atoms with E-state index in [0.29, 0.717) is 21.3 Å². The highest BCUT2D eigenvalue weighted by Gasteiger charge is 2.13. The number of anilines is 2. The highest BCUT2D eigenvalue weighted by Crippen LogP contribution is 2.26. The van der Waals surface area contributed by atoms with Crippen molar-refractivity contribution in [1.82, 2.24) is 4.98 Å². The number of carbonyl (C=O) groups is 1. The van der Waals surface area contributed by atoms with Crippen molar-refractivity contribution in [3.05, 3.63) is 52.3 Å². The first-order valence-electron chi connectivity index (χ1n) is 6.74. The van der Waals surface area contributed by atoms with Crippen molar-refractivity contribution in [3.63, 3.8) is 0 Å². The van der Waals surface area contributed by atoms with Gasteiger partial charge in [0.25, 0.3) is 5.91 Å². The Balaban J connectivity index is 2.17. The molecule has 116 valence electrons. The number of pyridine rings is 1. The Hall–Kier alpha value is -1.78. The Morgan fingerprint density at radius 3 is 2.50 bits per heavy atom. The minimum absolute atomic E-state index is 0.115. The van der Waals surface area contributed by atoms with Crippen LogP contribution in [0.4, 0.5) is 11.4 Å². The van der Waals surface area contributed by atoms with Crippen LogP contribution in [0.25, 0.3) is 0 Å². The molecule has 1 heterocycles. The molecule has 6 heteroatoms. The fraction of sp³-hybridized carbons (Fsp3) is 0.250. The second-order valence-corrected chi connectivity index (χ2v) is 6.76. The zero-order valence-corrected chi connectivity index (χ0v) is 14.1. The van der Waals surface area contributed by atoms with E-state index in [0.717, 1.165) is 5.69 Å². The standard InChI is InChI=1S/C16H17Cl2N3O/c1-16(2,3)21-12-6-10(8-19-9-12)15(22)20-14-5-4-11(17)7-13(14)18/h4-9,21H,1-3H3,(H,20,22). The number of halogens is 2. The minimum atomic E-state index is -0.283. The molecule has 0 spiro atoms. The molecular formula is C16H17Cl2N3O. The van der Waals surface area contributed by atoms with E-state index in [1.54, 1.807) is 30.5 Å². The number of benzene rings is 1. The Morgan fingerprint density at radius 1 is 1.14 bits per heavy atom. The van der Waals surface area contributed by atoms with Gasteiger partial charge >= 0.3 is 0 Å². The Labute approximate surface area is 139 Å². The number of rotatable bonds is 3. The van der Waals surface area contributed by atoms with Crippen LogP contribution in [0.1, 0.15) is 31.1 Å². The number of amides is 1. The molecule has 1 amide bonds. The zero-order valence-electron chi connectivity index (χ0n) is 12.6. The Bertz CT molecular complexity index is 696. The summed E-state index contributed by atoms with van der Waals surface area (Å²) in [5, 5.41) is 6.92. The van der Waals surface area contributed by atoms with E-state index in [9.17, 15) is 4.79 Å². The van der Waals surface area contributed by atoms with Crippen LogP contribution in [0.3, 0.4) is 0 Å². The number of nitrogens with one attached hydrogen (secondary N) is 2. The molecule has 2 aromatic rings. The van der Waals surface area contributed by atoms with Crippen LogP contribution >= 0.6 is 23.2 Å². The van der Waals surface area contributed by atoms with Crippen LogP contribution in [-0.2, 0) is 0 Å². The largest absolute Gasteiger partial charge is 0.379 e. The molecule has 0 unspecified atom stereocenters. The molecule has 0 bridgehead atoms. The number of hydrogen-bond donors (Lipinski definition) is 2. The molecule has 0 radical (unpaired) electrons. The van der Waals surface area contributed by atoms with Gasteiger partial charge in [-0.25, -0.2) is 0 Å². The highest BCUT2D eigenvalue weighted by molar-refractivity contribution is 6.36. The molecule has 4 nitrogen and oxygen atoms in total. The summed E-state index contributed by atoms with van der Waals surface area (Å²) in [5.74, 6) is -0.283. The summed E-state index contributed by atoms with van der Waals surface area (Å²) in [4.78, 5) is 16.4. The van der Waals surface area contributed by atoms with Crippen LogP contribution < -0.4 is 10.6 Å². The fourth-order valence-corrected chi connectivity index (χ4v) is 2.31. The monoisotopic (exact) mass is 337 g/mol. The Kier molecular flexibility index (Phi) is 4.94. The third kappa shape index (κ3) is 4.61. The smallest absolute Gasteiger partial charge is 0.257 e. The maximum atomic E-state index is 12.3. The van der Waals surface area contributed by atoms with Crippen molar-refractivity contribution in [2.45, 2.75) is 26.3 Å². The molecule has 22 heavy (non-hydrogen) atoms. The van der Waals surface area contributed by atoms with Gasteiger partial charge in [-0.1, -0.05) is 23.2 Å². The SMILES string of the molecule is CC(C)(C)Nc1cncc(C(=O)Nc2ccc(Cl)cc2Cl)c1. The molecule has 0 aliphatic rings. The number of hydrogen-bond acceptors (Lipinski definition) is 3. The van der Waals surface area contributed by atoms with Crippen LogP contribution in [0.15, 0.2) is 36.7 Å². The second kappa shape index (κ2) is 6.55. The lowest BCUT2D eigenvalue weighted by Gasteiger charge is -2.22. The van der Waals surface area contributed by atoms with Gasteiger partial charge < -0.3 is 10.6 Å². The van der Waals surface area contributed by atoms with Gasteiger partial charge in [0.15, 0.2) is 0 Å². The molecule has 0 aliphatic carbocycles. The summed E-state index contributed by atoms with van der Waals surface area (Å²) >= 11 is 11.9. The lowest BCUT2D eigenvalue weighted by Crippen LogP contribution is -2.26. The zero-order chi connectivity index (χ0) is 16.3. The fourth-order valence-electron chi connectivity index (χ4n) is 1.85. The molecule has 0 aliphatic heterocycles. The van der Waals surface area contributed by atoms with Gasteiger partial charge in [-0.15, -0.1) is 0 Å². The van der Waals surface area contributed by atoms with E-state index in [1.165, 1.54) is 6.20 Å².